The number of hydrogen-bond acceptors (Lipinski definition) is 4. The number of nitrogens with zero attached hydrogens (tertiary/aromatic N) is 2. The zero-order valence-electron chi connectivity index (χ0n) is 10.8. The van der Waals surface area contributed by atoms with E-state index in [1.165, 1.54) is 6.20 Å². The molecule has 1 rings (SSSR count). The lowest BCUT2D eigenvalue weighted by atomic mass is 9.97. The fraction of sp³-hybridized carbons (Fsp3) is 0.583. The Morgan fingerprint density at radius 3 is 2.67 bits per heavy atom. The molecule has 0 unspecified atom stereocenters. The maximum Gasteiger partial charge on any atom is 0.271 e. The summed E-state index contributed by atoms with van der Waals surface area (Å²) in [5.41, 5.74) is -0.747. The minimum atomic E-state index is -0.885. The van der Waals surface area contributed by atoms with Crippen LogP contribution in [0, 0.1) is 6.92 Å². The van der Waals surface area contributed by atoms with Crippen LogP contribution in [0.2, 0.25) is 5.02 Å². The first-order chi connectivity index (χ1) is 8.41. The highest BCUT2D eigenvalue weighted by molar-refractivity contribution is 6.33. The zero-order valence-corrected chi connectivity index (χ0v) is 11.6. The van der Waals surface area contributed by atoms with Gasteiger partial charge in [0, 0.05) is 6.54 Å². The molecule has 100 valence electrons. The molecule has 18 heavy (non-hydrogen) atoms. The molecule has 0 bridgehead atoms. The molecule has 0 aromatic carbocycles. The molecule has 2 N–H and O–H groups in total. The molecule has 1 amide bonds. The van der Waals surface area contributed by atoms with Gasteiger partial charge in [-0.15, -0.1) is 0 Å². The molecule has 5 nitrogen and oxygen atoms in total. The summed E-state index contributed by atoms with van der Waals surface area (Å²) in [6, 6.07) is 0. The van der Waals surface area contributed by atoms with Gasteiger partial charge in [0.2, 0.25) is 0 Å². The highest BCUT2D eigenvalue weighted by atomic mass is 35.5. The van der Waals surface area contributed by atoms with Gasteiger partial charge in [-0.3, -0.25) is 4.79 Å². The summed E-state index contributed by atoms with van der Waals surface area (Å²) in [5.74, 6) is 0.0802. The maximum atomic E-state index is 11.9. The van der Waals surface area contributed by atoms with Crippen molar-refractivity contribution in [2.24, 2.45) is 0 Å². The molecule has 1 aromatic heterocycles. The Labute approximate surface area is 112 Å². The molecule has 0 saturated carbocycles. The van der Waals surface area contributed by atoms with Gasteiger partial charge in [0.1, 0.15) is 11.5 Å². The monoisotopic (exact) mass is 271 g/mol. The van der Waals surface area contributed by atoms with E-state index in [1.54, 1.807) is 6.92 Å². The Kier molecular flexibility index (Phi) is 5.04. The Balaban J connectivity index is 2.74. The maximum absolute atomic E-state index is 11.9. The second-order valence-corrected chi connectivity index (χ2v) is 4.64. The molecule has 1 heterocycles. The van der Waals surface area contributed by atoms with Gasteiger partial charge in [-0.25, -0.2) is 9.97 Å². The molecular formula is C12H18ClN3O2. The second-order valence-electron chi connectivity index (χ2n) is 4.23. The van der Waals surface area contributed by atoms with E-state index in [1.807, 2.05) is 13.8 Å². The van der Waals surface area contributed by atoms with Gasteiger partial charge >= 0.3 is 0 Å². The van der Waals surface area contributed by atoms with Gasteiger partial charge < -0.3 is 10.4 Å². The van der Waals surface area contributed by atoms with Crippen LogP contribution >= 0.6 is 11.6 Å². The summed E-state index contributed by atoms with van der Waals surface area (Å²) < 4.78 is 0. The summed E-state index contributed by atoms with van der Waals surface area (Å²) in [6.45, 7) is 5.61. The molecule has 0 saturated heterocycles. The molecule has 0 atom stereocenters. The van der Waals surface area contributed by atoms with Gasteiger partial charge in [-0.1, -0.05) is 25.4 Å². The predicted octanol–water partition coefficient (Wildman–Crippen LogP) is 1.72. The van der Waals surface area contributed by atoms with Crippen LogP contribution in [0.3, 0.4) is 0 Å². The van der Waals surface area contributed by atoms with Crippen molar-refractivity contribution in [3.63, 3.8) is 0 Å². The van der Waals surface area contributed by atoms with Crippen molar-refractivity contribution in [1.29, 1.82) is 0 Å². The van der Waals surface area contributed by atoms with Crippen molar-refractivity contribution >= 4 is 17.5 Å². The van der Waals surface area contributed by atoms with Gasteiger partial charge in [0.15, 0.2) is 0 Å². The van der Waals surface area contributed by atoms with Gasteiger partial charge in [-0.05, 0) is 19.8 Å². The smallest absolute Gasteiger partial charge is 0.271 e. The molecule has 0 fully saturated rings. The van der Waals surface area contributed by atoms with Crippen LogP contribution in [0.15, 0.2) is 6.20 Å². The van der Waals surface area contributed by atoms with Crippen LogP contribution in [0.5, 0.6) is 0 Å². The van der Waals surface area contributed by atoms with Crippen molar-refractivity contribution in [3.8, 4) is 0 Å². The van der Waals surface area contributed by atoms with Crippen molar-refractivity contribution in [3.05, 3.63) is 22.7 Å². The van der Waals surface area contributed by atoms with Crippen molar-refractivity contribution in [2.45, 2.75) is 39.2 Å². The van der Waals surface area contributed by atoms with Crippen LogP contribution < -0.4 is 5.32 Å². The normalized spacial score (nSPS) is 11.4. The molecule has 0 aliphatic heterocycles. The molecule has 0 aliphatic carbocycles. The lowest BCUT2D eigenvalue weighted by Crippen LogP contribution is -2.42. The van der Waals surface area contributed by atoms with E-state index in [2.05, 4.69) is 15.3 Å². The lowest BCUT2D eigenvalue weighted by Gasteiger charge is -2.25. The number of carbonyl (C=O) groups excluding carboxylic acids is 1. The molecule has 1 aromatic rings. The molecule has 6 heteroatoms. The lowest BCUT2D eigenvalue weighted by molar-refractivity contribution is 0.0313. The molecule has 0 spiro atoms. The highest BCUT2D eigenvalue weighted by Gasteiger charge is 2.24. The minimum absolute atomic E-state index is 0.138. The van der Waals surface area contributed by atoms with Crippen LogP contribution in [0.4, 0.5) is 0 Å². The van der Waals surface area contributed by atoms with E-state index in [-0.39, 0.29) is 17.3 Å². The van der Waals surface area contributed by atoms with Gasteiger partial charge in [0.05, 0.1) is 16.8 Å². The summed E-state index contributed by atoms with van der Waals surface area (Å²) in [5, 5.41) is 12.9. The first-order valence-corrected chi connectivity index (χ1v) is 6.29. The number of amides is 1. The summed E-state index contributed by atoms with van der Waals surface area (Å²) in [6.07, 6.45) is 2.53. The van der Waals surface area contributed by atoms with E-state index in [9.17, 15) is 9.90 Å². The highest BCUT2D eigenvalue weighted by Crippen LogP contribution is 2.15. The van der Waals surface area contributed by atoms with Crippen LogP contribution in [0.1, 0.15) is 43.0 Å². The van der Waals surface area contributed by atoms with E-state index in [0.29, 0.717) is 18.7 Å². The van der Waals surface area contributed by atoms with E-state index in [0.717, 1.165) is 0 Å². The Morgan fingerprint density at radius 2 is 2.11 bits per heavy atom. The number of hydrogen-bond donors (Lipinski definition) is 2. The second kappa shape index (κ2) is 6.11. The largest absolute Gasteiger partial charge is 0.388 e. The standard InChI is InChI=1S/C12H18ClN3O2/c1-4-12(18,5-2)7-15-11(17)10-9(13)6-14-8(3)16-10/h6,18H,4-5,7H2,1-3H3,(H,15,17). The van der Waals surface area contributed by atoms with Crippen molar-refractivity contribution in [1.82, 2.24) is 15.3 Å². The van der Waals surface area contributed by atoms with Gasteiger partial charge in [0.25, 0.3) is 5.91 Å². The first kappa shape index (κ1) is 14.9. The minimum Gasteiger partial charge on any atom is -0.388 e. The van der Waals surface area contributed by atoms with Crippen molar-refractivity contribution < 1.29 is 9.90 Å². The third-order valence-electron chi connectivity index (χ3n) is 2.97. The fourth-order valence-electron chi connectivity index (χ4n) is 1.44. The van der Waals surface area contributed by atoms with E-state index < -0.39 is 11.5 Å². The number of nitrogens with one attached hydrogen (secondary N) is 1. The van der Waals surface area contributed by atoms with Crippen molar-refractivity contribution in [2.75, 3.05) is 6.54 Å². The zero-order chi connectivity index (χ0) is 13.8. The Morgan fingerprint density at radius 1 is 1.50 bits per heavy atom. The van der Waals surface area contributed by atoms with Gasteiger partial charge in [-0.2, -0.15) is 0 Å². The molecule has 0 aliphatic rings. The molecular weight excluding hydrogens is 254 g/mol. The quantitative estimate of drug-likeness (QED) is 0.855. The average Bonchev–Trinajstić information content (AvgIpc) is 2.38. The molecule has 0 radical (unpaired) electrons. The third-order valence-corrected chi connectivity index (χ3v) is 3.25. The fourth-order valence-corrected chi connectivity index (χ4v) is 1.62. The Bertz CT molecular complexity index is 433. The number of carbonyl (C=O) groups is 1. The summed E-state index contributed by atoms with van der Waals surface area (Å²) >= 11 is 5.86. The van der Waals surface area contributed by atoms with E-state index in [4.69, 9.17) is 11.6 Å². The number of aromatic nitrogens is 2. The Hall–Kier alpha value is -1.20. The van der Waals surface area contributed by atoms with E-state index >= 15 is 0 Å². The van der Waals surface area contributed by atoms with Crippen LogP contribution in [0.25, 0.3) is 0 Å². The number of aryl methyl sites for hydroxylation is 1. The summed E-state index contributed by atoms with van der Waals surface area (Å²) in [4.78, 5) is 19.8. The topological polar surface area (TPSA) is 75.1 Å². The SMILES string of the molecule is CCC(O)(CC)CNC(=O)c1nc(C)ncc1Cl. The first-order valence-electron chi connectivity index (χ1n) is 5.91. The third kappa shape index (κ3) is 3.65. The number of rotatable bonds is 5. The number of halogens is 1. The van der Waals surface area contributed by atoms with Crippen LogP contribution in [-0.4, -0.2) is 33.1 Å². The van der Waals surface area contributed by atoms with Crippen LogP contribution in [-0.2, 0) is 0 Å². The predicted molar refractivity (Wildman–Crippen MR) is 69.6 cm³/mol. The summed E-state index contributed by atoms with van der Waals surface area (Å²) in [7, 11) is 0. The number of aliphatic hydroxyl groups is 1. The average molecular weight is 272 g/mol.